The standard InChI is InChI=1S/C13H12N4O2S/c1-8-11(12-15-16-13(20)19-12)7-14-17(8)9-4-3-5-10(6-9)18-2/h3-7H,1-2H3,(H,16,20). The summed E-state index contributed by atoms with van der Waals surface area (Å²) in [4.78, 5) is 0.244. The zero-order chi connectivity index (χ0) is 14.1. The predicted octanol–water partition coefficient (Wildman–Crippen LogP) is 2.90. The quantitative estimate of drug-likeness (QED) is 0.750. The van der Waals surface area contributed by atoms with Crippen molar-refractivity contribution in [1.82, 2.24) is 20.0 Å². The van der Waals surface area contributed by atoms with Crippen LogP contribution in [0.3, 0.4) is 0 Å². The molecule has 2 heterocycles. The highest BCUT2D eigenvalue weighted by molar-refractivity contribution is 7.71. The molecule has 3 aromatic rings. The van der Waals surface area contributed by atoms with E-state index in [1.54, 1.807) is 18.0 Å². The first-order chi connectivity index (χ1) is 9.69. The lowest BCUT2D eigenvalue weighted by Crippen LogP contribution is -1.99. The van der Waals surface area contributed by atoms with Crippen LogP contribution in [0.5, 0.6) is 5.75 Å². The molecule has 20 heavy (non-hydrogen) atoms. The second-order valence-electron chi connectivity index (χ2n) is 4.18. The second-order valence-corrected chi connectivity index (χ2v) is 4.55. The molecule has 0 spiro atoms. The number of nitrogens with zero attached hydrogens (tertiary/aromatic N) is 3. The molecular weight excluding hydrogens is 276 g/mol. The molecule has 0 aliphatic rings. The first kappa shape index (κ1) is 12.6. The van der Waals surface area contributed by atoms with Crippen molar-refractivity contribution in [2.24, 2.45) is 0 Å². The van der Waals surface area contributed by atoms with Gasteiger partial charge in [0, 0.05) is 6.07 Å². The maximum absolute atomic E-state index is 5.31. The number of rotatable bonds is 3. The van der Waals surface area contributed by atoms with Gasteiger partial charge in [0.25, 0.3) is 4.84 Å². The third-order valence-corrected chi connectivity index (χ3v) is 3.15. The Morgan fingerprint density at radius 2 is 2.25 bits per heavy atom. The fourth-order valence-electron chi connectivity index (χ4n) is 1.97. The van der Waals surface area contributed by atoms with Gasteiger partial charge in [0.15, 0.2) is 0 Å². The van der Waals surface area contributed by atoms with E-state index in [1.807, 2.05) is 31.2 Å². The molecule has 0 saturated heterocycles. The number of hydrogen-bond acceptors (Lipinski definition) is 5. The van der Waals surface area contributed by atoms with Crippen LogP contribution < -0.4 is 4.74 Å². The predicted molar refractivity (Wildman–Crippen MR) is 75.5 cm³/mol. The van der Waals surface area contributed by atoms with Crippen LogP contribution in [-0.4, -0.2) is 27.1 Å². The Hall–Kier alpha value is -2.41. The molecular formula is C13H12N4O2S. The molecule has 6 nitrogen and oxygen atoms in total. The third kappa shape index (κ3) is 2.12. The van der Waals surface area contributed by atoms with Crippen molar-refractivity contribution in [3.63, 3.8) is 0 Å². The number of benzene rings is 1. The fourth-order valence-corrected chi connectivity index (χ4v) is 2.09. The third-order valence-electron chi connectivity index (χ3n) is 2.98. The van der Waals surface area contributed by atoms with Crippen molar-refractivity contribution in [3.05, 3.63) is 41.0 Å². The van der Waals surface area contributed by atoms with Gasteiger partial charge in [-0.05, 0) is 31.3 Å². The van der Waals surface area contributed by atoms with Gasteiger partial charge in [-0.3, -0.25) is 0 Å². The normalized spacial score (nSPS) is 10.7. The summed E-state index contributed by atoms with van der Waals surface area (Å²) < 4.78 is 12.3. The van der Waals surface area contributed by atoms with E-state index >= 15 is 0 Å². The molecule has 0 atom stereocenters. The zero-order valence-corrected chi connectivity index (χ0v) is 11.8. The highest BCUT2D eigenvalue weighted by Gasteiger charge is 2.14. The van der Waals surface area contributed by atoms with Gasteiger partial charge in [0.05, 0.1) is 30.3 Å². The summed E-state index contributed by atoms with van der Waals surface area (Å²) in [6.07, 6.45) is 1.70. The van der Waals surface area contributed by atoms with E-state index in [4.69, 9.17) is 21.4 Å². The Labute approximate surface area is 120 Å². The summed E-state index contributed by atoms with van der Waals surface area (Å²) >= 11 is 4.88. The maximum Gasteiger partial charge on any atom is 0.284 e. The molecule has 0 radical (unpaired) electrons. The average Bonchev–Trinajstić information content (AvgIpc) is 3.05. The Morgan fingerprint density at radius 3 is 2.95 bits per heavy atom. The molecule has 0 saturated carbocycles. The van der Waals surface area contributed by atoms with Crippen LogP contribution in [0.25, 0.3) is 17.1 Å². The monoisotopic (exact) mass is 288 g/mol. The Morgan fingerprint density at radius 1 is 1.40 bits per heavy atom. The van der Waals surface area contributed by atoms with E-state index in [-0.39, 0.29) is 4.84 Å². The summed E-state index contributed by atoms with van der Waals surface area (Å²) in [6.45, 7) is 1.94. The molecule has 0 unspecified atom stereocenters. The van der Waals surface area contributed by atoms with E-state index in [0.29, 0.717) is 5.89 Å². The topological polar surface area (TPSA) is 68.9 Å². The summed E-state index contributed by atoms with van der Waals surface area (Å²) in [5.41, 5.74) is 2.60. The van der Waals surface area contributed by atoms with Gasteiger partial charge in [0.1, 0.15) is 5.75 Å². The highest BCUT2D eigenvalue weighted by atomic mass is 32.1. The SMILES string of the molecule is COc1cccc(-n2ncc(-c3n[nH]c(=S)o3)c2C)c1. The first-order valence-electron chi connectivity index (χ1n) is 5.94. The Bertz CT molecular complexity index is 803. The number of aromatic amines is 1. The zero-order valence-electron chi connectivity index (χ0n) is 11.0. The Balaban J connectivity index is 2.08. The van der Waals surface area contributed by atoms with Crippen molar-refractivity contribution < 1.29 is 9.15 Å². The first-order valence-corrected chi connectivity index (χ1v) is 6.35. The minimum atomic E-state index is 0.244. The summed E-state index contributed by atoms with van der Waals surface area (Å²) in [7, 11) is 1.63. The maximum atomic E-state index is 5.31. The number of ether oxygens (including phenoxy) is 1. The van der Waals surface area contributed by atoms with Gasteiger partial charge < -0.3 is 9.15 Å². The second kappa shape index (κ2) is 4.93. The van der Waals surface area contributed by atoms with Crippen LogP contribution in [0.2, 0.25) is 0 Å². The van der Waals surface area contributed by atoms with Crippen molar-refractivity contribution >= 4 is 12.2 Å². The van der Waals surface area contributed by atoms with E-state index in [1.165, 1.54) is 0 Å². The van der Waals surface area contributed by atoms with Crippen molar-refractivity contribution in [3.8, 4) is 22.9 Å². The molecule has 102 valence electrons. The lowest BCUT2D eigenvalue weighted by molar-refractivity contribution is 0.414. The van der Waals surface area contributed by atoms with Gasteiger partial charge in [-0.1, -0.05) is 6.07 Å². The lowest BCUT2D eigenvalue weighted by atomic mass is 10.2. The molecule has 7 heteroatoms. The van der Waals surface area contributed by atoms with Crippen LogP contribution in [0.1, 0.15) is 5.69 Å². The minimum Gasteiger partial charge on any atom is -0.497 e. The molecule has 0 aliphatic carbocycles. The summed E-state index contributed by atoms with van der Waals surface area (Å²) in [5, 5.41) is 11.0. The van der Waals surface area contributed by atoms with E-state index < -0.39 is 0 Å². The number of H-pyrrole nitrogens is 1. The van der Waals surface area contributed by atoms with Crippen LogP contribution >= 0.6 is 12.2 Å². The number of aromatic nitrogens is 4. The molecule has 1 N–H and O–H groups in total. The molecule has 3 rings (SSSR count). The molecule has 2 aromatic heterocycles. The average molecular weight is 288 g/mol. The van der Waals surface area contributed by atoms with Crippen LogP contribution in [-0.2, 0) is 0 Å². The minimum absolute atomic E-state index is 0.244. The van der Waals surface area contributed by atoms with E-state index in [2.05, 4.69) is 15.3 Å². The van der Waals surface area contributed by atoms with Gasteiger partial charge in [-0.15, -0.1) is 5.10 Å². The number of methoxy groups -OCH3 is 1. The van der Waals surface area contributed by atoms with Gasteiger partial charge in [-0.2, -0.15) is 5.10 Å². The molecule has 0 aliphatic heterocycles. The van der Waals surface area contributed by atoms with Crippen LogP contribution in [0.4, 0.5) is 0 Å². The lowest BCUT2D eigenvalue weighted by Gasteiger charge is -2.06. The summed E-state index contributed by atoms with van der Waals surface area (Å²) in [6, 6.07) is 7.65. The van der Waals surface area contributed by atoms with Gasteiger partial charge >= 0.3 is 0 Å². The summed E-state index contributed by atoms with van der Waals surface area (Å²) in [5.74, 6) is 1.21. The molecule has 1 aromatic carbocycles. The number of nitrogens with one attached hydrogen (secondary N) is 1. The van der Waals surface area contributed by atoms with Gasteiger partial charge in [-0.25, -0.2) is 9.78 Å². The Kier molecular flexibility index (Phi) is 3.11. The molecule has 0 amide bonds. The van der Waals surface area contributed by atoms with Crippen molar-refractivity contribution in [2.45, 2.75) is 6.92 Å². The number of hydrogen-bond donors (Lipinski definition) is 1. The fraction of sp³-hybridized carbons (Fsp3) is 0.154. The largest absolute Gasteiger partial charge is 0.497 e. The molecule has 0 fully saturated rings. The van der Waals surface area contributed by atoms with Crippen LogP contribution in [0.15, 0.2) is 34.9 Å². The van der Waals surface area contributed by atoms with Crippen molar-refractivity contribution in [1.29, 1.82) is 0 Å². The smallest absolute Gasteiger partial charge is 0.284 e. The van der Waals surface area contributed by atoms with E-state index in [0.717, 1.165) is 22.7 Å². The van der Waals surface area contributed by atoms with Crippen molar-refractivity contribution in [2.75, 3.05) is 7.11 Å². The van der Waals surface area contributed by atoms with Crippen LogP contribution in [0, 0.1) is 11.8 Å². The van der Waals surface area contributed by atoms with E-state index in [9.17, 15) is 0 Å². The highest BCUT2D eigenvalue weighted by Crippen LogP contribution is 2.24. The molecule has 0 bridgehead atoms. The van der Waals surface area contributed by atoms with Gasteiger partial charge in [0.2, 0.25) is 5.89 Å².